The quantitative estimate of drug-likeness (QED) is 0.114. The van der Waals surface area contributed by atoms with Crippen LogP contribution in [0.15, 0.2) is 121 Å². The third kappa shape index (κ3) is 5.41. The number of amides is 1. The molecule has 276 valence electrons. The van der Waals surface area contributed by atoms with Gasteiger partial charge in [-0.2, -0.15) is 5.26 Å². The summed E-state index contributed by atoms with van der Waals surface area (Å²) in [6, 6.07) is 33.5. The van der Waals surface area contributed by atoms with E-state index < -0.39 is 53.3 Å². The molecule has 0 radical (unpaired) electrons. The summed E-state index contributed by atoms with van der Waals surface area (Å²) in [6.45, 7) is -0.138. The van der Waals surface area contributed by atoms with Crippen LogP contribution in [-0.2, 0) is 38.8 Å². The van der Waals surface area contributed by atoms with E-state index in [1.807, 2.05) is 97.9 Å². The molecule has 6 rings (SSSR count). The summed E-state index contributed by atoms with van der Waals surface area (Å²) >= 11 is 0. The molecule has 4 aromatic rings. The van der Waals surface area contributed by atoms with Gasteiger partial charge in [-0.05, 0) is 59.9 Å². The van der Waals surface area contributed by atoms with E-state index in [1.54, 1.807) is 0 Å². The number of halogens is 1. The largest absolute Gasteiger partial charge is 0.469 e. The van der Waals surface area contributed by atoms with Gasteiger partial charge in [0.05, 0.1) is 32.2 Å². The van der Waals surface area contributed by atoms with Crippen LogP contribution in [0.3, 0.4) is 0 Å². The molecule has 4 aromatic carbocycles. The molecule has 54 heavy (non-hydrogen) atoms. The molecule has 0 saturated carbocycles. The van der Waals surface area contributed by atoms with E-state index in [0.29, 0.717) is 28.8 Å². The average molecular weight is 747 g/mol. The van der Waals surface area contributed by atoms with Gasteiger partial charge in [-0.25, -0.2) is 9.18 Å². The van der Waals surface area contributed by atoms with Crippen LogP contribution in [0.1, 0.15) is 32.3 Å². The summed E-state index contributed by atoms with van der Waals surface area (Å²) in [5.74, 6) is -6.41. The predicted octanol–water partition coefficient (Wildman–Crippen LogP) is 5.35. The van der Waals surface area contributed by atoms with Crippen LogP contribution < -0.4 is 20.8 Å². The number of carbonyl (C=O) groups excluding carboxylic acids is 4. The standard InChI is InChI=1S/C43H40FN2O7P/c1-5-7-25-46-36-24-23-29(44)26-33(36)43(40(46)49)34(27-35(38(47)51-3)42(43,28-45)41(50)53-6-2)37(39(48)52-4)54(30-17-11-8-12-18-30,31-19-13-9-14-20-31)32-21-15-10-16-22-32/h8-24,26-27,35H,5-7,25H2,1-4H3. The molecular formula is C43H40FN2O7P. The van der Waals surface area contributed by atoms with Crippen molar-refractivity contribution in [2.75, 3.05) is 32.3 Å². The Bertz CT molecular complexity index is 2130. The Morgan fingerprint density at radius 2 is 1.41 bits per heavy atom. The molecule has 2 aliphatic rings. The Hall–Kier alpha value is -5.78. The predicted molar refractivity (Wildman–Crippen MR) is 206 cm³/mol. The first-order valence-corrected chi connectivity index (χ1v) is 19.5. The van der Waals surface area contributed by atoms with Gasteiger partial charge < -0.3 is 19.1 Å². The van der Waals surface area contributed by atoms with E-state index in [2.05, 4.69) is 6.07 Å². The fourth-order valence-electron chi connectivity index (χ4n) is 8.18. The normalized spacial score (nSPS) is 20.1. The zero-order valence-electron chi connectivity index (χ0n) is 30.5. The first kappa shape index (κ1) is 38.0. The molecule has 1 amide bonds. The van der Waals surface area contributed by atoms with E-state index in [-0.39, 0.29) is 35.3 Å². The van der Waals surface area contributed by atoms with Crippen molar-refractivity contribution in [2.45, 2.75) is 32.1 Å². The molecule has 0 saturated heterocycles. The molecule has 0 fully saturated rings. The molecule has 0 bridgehead atoms. The molecule has 0 aromatic heterocycles. The molecular weight excluding hydrogens is 706 g/mol. The fraction of sp³-hybridized carbons (Fsp3) is 0.256. The Morgan fingerprint density at radius 1 is 0.852 bits per heavy atom. The van der Waals surface area contributed by atoms with Gasteiger partial charge in [0.15, 0.2) is 5.41 Å². The minimum absolute atomic E-state index is 0.0511. The first-order valence-electron chi connectivity index (χ1n) is 17.7. The van der Waals surface area contributed by atoms with Gasteiger partial charge in [0, 0.05) is 17.8 Å². The number of rotatable bonds is 11. The van der Waals surface area contributed by atoms with Crippen LogP contribution >= 0.6 is 6.89 Å². The van der Waals surface area contributed by atoms with E-state index in [9.17, 15) is 14.9 Å². The lowest BCUT2D eigenvalue weighted by Gasteiger charge is -2.42. The number of hydrogen-bond acceptors (Lipinski definition) is 8. The number of nitriles is 1. The highest BCUT2D eigenvalue weighted by Crippen LogP contribution is 2.66. The highest BCUT2D eigenvalue weighted by atomic mass is 31.2. The summed E-state index contributed by atoms with van der Waals surface area (Å²) in [5, 5.41) is 13.5. The van der Waals surface area contributed by atoms with E-state index >= 15 is 14.0 Å². The van der Waals surface area contributed by atoms with Crippen molar-refractivity contribution in [3.63, 3.8) is 0 Å². The van der Waals surface area contributed by atoms with Gasteiger partial charge in [0.25, 0.3) is 0 Å². The number of hydrogen-bond donors (Lipinski definition) is 0. The Morgan fingerprint density at radius 3 is 1.87 bits per heavy atom. The smallest absolute Gasteiger partial charge is 0.339 e. The molecule has 11 heteroatoms. The van der Waals surface area contributed by atoms with Crippen molar-refractivity contribution in [3.8, 4) is 6.07 Å². The SMILES string of the molecule is CCCCN1C(=O)C2(C(C(C(=O)OC)=P(c3ccccc3)(c3ccccc3)c3ccccc3)=CC(C(=O)OC)C2(C#N)C(=O)OCC)c2cc(F)ccc21. The number of anilines is 1. The Labute approximate surface area is 313 Å². The molecule has 1 heterocycles. The van der Waals surface area contributed by atoms with E-state index in [0.717, 1.165) is 13.2 Å². The number of unbranched alkanes of at least 4 members (excludes halogenated alkanes) is 1. The lowest BCUT2D eigenvalue weighted by Crippen LogP contribution is -2.60. The maximum absolute atomic E-state index is 15.8. The van der Waals surface area contributed by atoms with Crippen molar-refractivity contribution < 1.29 is 37.8 Å². The minimum atomic E-state index is -3.54. The third-order valence-electron chi connectivity index (χ3n) is 10.4. The lowest BCUT2D eigenvalue weighted by molar-refractivity contribution is -0.165. The average Bonchev–Trinajstić information content (AvgIpc) is 3.65. The van der Waals surface area contributed by atoms with Gasteiger partial charge in [-0.1, -0.05) is 110 Å². The van der Waals surface area contributed by atoms with Crippen LogP contribution in [0.2, 0.25) is 0 Å². The van der Waals surface area contributed by atoms with E-state index in [1.165, 1.54) is 37.1 Å². The van der Waals surface area contributed by atoms with Gasteiger partial charge in [-0.3, -0.25) is 14.4 Å². The minimum Gasteiger partial charge on any atom is -0.469 e. The lowest BCUT2D eigenvalue weighted by atomic mass is 9.57. The zero-order valence-corrected chi connectivity index (χ0v) is 31.3. The molecule has 1 aliphatic heterocycles. The molecule has 9 nitrogen and oxygen atoms in total. The number of esters is 3. The molecule has 3 unspecified atom stereocenters. The maximum Gasteiger partial charge on any atom is 0.339 e. The topological polar surface area (TPSA) is 123 Å². The monoisotopic (exact) mass is 746 g/mol. The number of ether oxygens (including phenoxy) is 3. The zero-order chi connectivity index (χ0) is 38.7. The van der Waals surface area contributed by atoms with Crippen LogP contribution in [0.25, 0.3) is 0 Å². The highest BCUT2D eigenvalue weighted by Gasteiger charge is 2.78. The second kappa shape index (κ2) is 15.3. The van der Waals surface area contributed by atoms with Crippen molar-refractivity contribution >= 4 is 57.6 Å². The third-order valence-corrected chi connectivity index (χ3v) is 14.7. The number of benzene rings is 4. The van der Waals surface area contributed by atoms with Crippen LogP contribution in [-0.4, -0.2) is 56.5 Å². The molecule has 1 aliphatic carbocycles. The summed E-state index contributed by atoms with van der Waals surface area (Å²) in [4.78, 5) is 61.2. The second-order valence-corrected chi connectivity index (χ2v) is 16.3. The number of nitrogens with zero attached hydrogens (tertiary/aromatic N) is 2. The first-order chi connectivity index (χ1) is 26.2. The fourth-order valence-corrected chi connectivity index (χ4v) is 12.7. The summed E-state index contributed by atoms with van der Waals surface area (Å²) in [6.07, 6.45) is 2.50. The van der Waals surface area contributed by atoms with Gasteiger partial charge >= 0.3 is 17.9 Å². The summed E-state index contributed by atoms with van der Waals surface area (Å²) in [5.41, 5.74) is -5.14. The van der Waals surface area contributed by atoms with Crippen molar-refractivity contribution in [1.29, 1.82) is 5.26 Å². The number of carbonyl (C=O) groups is 4. The van der Waals surface area contributed by atoms with Gasteiger partial charge in [0.2, 0.25) is 5.91 Å². The molecule has 3 atom stereocenters. The molecule has 1 spiro atoms. The van der Waals surface area contributed by atoms with E-state index in [4.69, 9.17) is 14.2 Å². The van der Waals surface area contributed by atoms with Gasteiger partial charge in [0.1, 0.15) is 17.2 Å². The van der Waals surface area contributed by atoms with Crippen molar-refractivity contribution in [3.05, 3.63) is 132 Å². The van der Waals surface area contributed by atoms with Crippen LogP contribution in [0, 0.1) is 28.5 Å². The summed E-state index contributed by atoms with van der Waals surface area (Å²) < 4.78 is 32.3. The maximum atomic E-state index is 15.8. The summed E-state index contributed by atoms with van der Waals surface area (Å²) in [7, 11) is 2.31. The van der Waals surface area contributed by atoms with Gasteiger partial charge in [-0.15, -0.1) is 0 Å². The Kier molecular flexibility index (Phi) is 10.7. The number of fused-ring (bicyclic) bond motifs is 2. The van der Waals surface area contributed by atoms with Crippen LogP contribution in [0.5, 0.6) is 0 Å². The van der Waals surface area contributed by atoms with Crippen molar-refractivity contribution in [2.24, 2.45) is 11.3 Å². The highest BCUT2D eigenvalue weighted by molar-refractivity contribution is 7.96. The Balaban J connectivity index is 1.98. The second-order valence-electron chi connectivity index (χ2n) is 13.0. The van der Waals surface area contributed by atoms with Crippen molar-refractivity contribution in [1.82, 2.24) is 0 Å². The number of methoxy groups -OCH3 is 2. The molecule has 0 N–H and O–H groups in total. The van der Waals surface area contributed by atoms with Crippen LogP contribution in [0.4, 0.5) is 10.1 Å².